The number of nitrogens with one attached hydrogen (secondary N) is 3. The van der Waals surface area contributed by atoms with Crippen molar-refractivity contribution < 1.29 is 14.3 Å². The van der Waals surface area contributed by atoms with Gasteiger partial charge in [0.15, 0.2) is 5.82 Å². The molecule has 5 aromatic rings. The summed E-state index contributed by atoms with van der Waals surface area (Å²) in [6.07, 6.45) is 9.86. The van der Waals surface area contributed by atoms with Crippen molar-refractivity contribution in [1.82, 2.24) is 20.2 Å². The van der Waals surface area contributed by atoms with Crippen LogP contribution in [-0.2, 0) is 9.53 Å². The molecule has 3 unspecified atom stereocenters. The van der Waals surface area contributed by atoms with Crippen LogP contribution in [-0.4, -0.2) is 58.5 Å². The number of amides is 2. The molecule has 2 saturated heterocycles. The number of allylic oxidation sites excluding steroid dienone is 2. The number of aromatic amines is 1. The van der Waals surface area contributed by atoms with Crippen molar-refractivity contribution in [3.63, 3.8) is 0 Å². The third-order valence-corrected chi connectivity index (χ3v) is 11.8. The van der Waals surface area contributed by atoms with Gasteiger partial charge < -0.3 is 30.2 Å². The molecule has 9 nitrogen and oxygen atoms in total. The Bertz CT molecular complexity index is 2330. The summed E-state index contributed by atoms with van der Waals surface area (Å²) in [5.41, 5.74) is 8.03. The molecule has 9 rings (SSSR count). The molecule has 2 fully saturated rings. The first-order chi connectivity index (χ1) is 26.8. The summed E-state index contributed by atoms with van der Waals surface area (Å²) >= 11 is 13.3. The van der Waals surface area contributed by atoms with E-state index in [-0.39, 0.29) is 35.9 Å². The summed E-state index contributed by atoms with van der Waals surface area (Å²) in [4.78, 5) is 40.3. The molecule has 55 heavy (non-hydrogen) atoms. The number of nitrogens with zero attached hydrogens (tertiary/aromatic N) is 3. The average molecular weight is 774 g/mol. The Hall–Kier alpha value is -5.09. The summed E-state index contributed by atoms with van der Waals surface area (Å²) in [6, 6.07) is 26.0. The van der Waals surface area contributed by atoms with Crippen molar-refractivity contribution in [2.75, 3.05) is 29.9 Å². The highest BCUT2D eigenvalue weighted by atomic mass is 35.5. The number of hydrogen-bond donors (Lipinski definition) is 3. The summed E-state index contributed by atoms with van der Waals surface area (Å²) < 4.78 is 5.59. The molecule has 0 aliphatic carbocycles. The van der Waals surface area contributed by atoms with E-state index >= 15 is 0 Å². The van der Waals surface area contributed by atoms with E-state index in [1.54, 1.807) is 6.20 Å². The fraction of sp³-hybridized carbons (Fsp3) is 0.295. The molecule has 280 valence electrons. The fourth-order valence-electron chi connectivity index (χ4n) is 8.79. The van der Waals surface area contributed by atoms with Gasteiger partial charge in [-0.15, -0.1) is 0 Å². The number of halogens is 2. The van der Waals surface area contributed by atoms with Crippen LogP contribution < -0.4 is 15.5 Å². The number of H-pyrrole nitrogens is 1. The van der Waals surface area contributed by atoms with Crippen molar-refractivity contribution in [2.45, 2.75) is 57.2 Å². The highest BCUT2D eigenvalue weighted by molar-refractivity contribution is 6.32. The summed E-state index contributed by atoms with van der Waals surface area (Å²) in [5.74, 6) is 0.568. The van der Waals surface area contributed by atoms with E-state index in [0.29, 0.717) is 46.9 Å². The number of ether oxygens (including phenoxy) is 1. The minimum Gasteiger partial charge on any atom is -0.368 e. The van der Waals surface area contributed by atoms with Gasteiger partial charge in [-0.05, 0) is 96.7 Å². The summed E-state index contributed by atoms with van der Waals surface area (Å²) in [6.45, 7) is 4.27. The largest absolute Gasteiger partial charge is 0.368 e. The number of aromatic nitrogens is 2. The molecule has 11 heteroatoms. The summed E-state index contributed by atoms with van der Waals surface area (Å²) in [5, 5.41) is 8.66. The Morgan fingerprint density at radius 3 is 2.51 bits per heavy atom. The van der Waals surface area contributed by atoms with Gasteiger partial charge in [0.2, 0.25) is 5.91 Å². The quantitative estimate of drug-likeness (QED) is 0.153. The predicted octanol–water partition coefficient (Wildman–Crippen LogP) is 9.21. The maximum Gasteiger partial charge on any atom is 0.272 e. The Kier molecular flexibility index (Phi) is 9.62. The molecule has 3 atom stereocenters. The van der Waals surface area contributed by atoms with Crippen LogP contribution in [0.1, 0.15) is 77.8 Å². The van der Waals surface area contributed by atoms with Gasteiger partial charge >= 0.3 is 0 Å². The molecule has 2 aromatic heterocycles. The first kappa shape index (κ1) is 35.6. The topological polar surface area (TPSA) is 103 Å². The third-order valence-electron chi connectivity index (χ3n) is 11.4. The molecular formula is C44H42Cl2N6O3. The molecule has 6 heterocycles. The molecule has 0 bridgehead atoms. The van der Waals surface area contributed by atoms with Crippen LogP contribution in [0.3, 0.4) is 0 Å². The number of anilines is 2. The number of fused-ring (bicyclic) bond motifs is 2. The van der Waals surface area contributed by atoms with Gasteiger partial charge in [0.25, 0.3) is 5.91 Å². The van der Waals surface area contributed by atoms with Crippen LogP contribution in [0, 0.1) is 5.92 Å². The molecule has 0 spiro atoms. The van der Waals surface area contributed by atoms with Gasteiger partial charge in [0, 0.05) is 64.6 Å². The predicted molar refractivity (Wildman–Crippen MR) is 219 cm³/mol. The lowest BCUT2D eigenvalue weighted by Gasteiger charge is -2.39. The maximum absolute atomic E-state index is 14.8. The van der Waals surface area contributed by atoms with Crippen LogP contribution >= 0.6 is 23.2 Å². The first-order valence-electron chi connectivity index (χ1n) is 19.1. The van der Waals surface area contributed by atoms with E-state index in [4.69, 9.17) is 32.9 Å². The number of carbonyl (C=O) groups is 2. The first-order valence-corrected chi connectivity index (χ1v) is 19.9. The maximum atomic E-state index is 14.8. The molecule has 2 amide bonds. The SMILES string of the molecule is CC1CC=CN2C(=C1c1ccccc1)c1c(C(=O)Nc3cccnc3N3CCC(NC(=O)C4CCCO4)CC3)[nH]c3cc(Cl)cc(c13)C2c1ccc(Cl)cc1. The van der Waals surface area contributed by atoms with E-state index in [1.807, 2.05) is 42.5 Å². The van der Waals surface area contributed by atoms with Crippen LogP contribution in [0.2, 0.25) is 10.0 Å². The van der Waals surface area contributed by atoms with E-state index in [0.717, 1.165) is 76.5 Å². The van der Waals surface area contributed by atoms with E-state index < -0.39 is 0 Å². The van der Waals surface area contributed by atoms with Crippen LogP contribution in [0.4, 0.5) is 11.5 Å². The smallest absolute Gasteiger partial charge is 0.272 e. The molecule has 4 aliphatic heterocycles. The zero-order valence-corrected chi connectivity index (χ0v) is 32.0. The van der Waals surface area contributed by atoms with Gasteiger partial charge in [-0.1, -0.05) is 78.7 Å². The molecular weight excluding hydrogens is 731 g/mol. The number of pyridine rings is 1. The van der Waals surface area contributed by atoms with Gasteiger partial charge in [-0.3, -0.25) is 9.59 Å². The van der Waals surface area contributed by atoms with Crippen LogP contribution in [0.5, 0.6) is 0 Å². The van der Waals surface area contributed by atoms with Crippen LogP contribution in [0.25, 0.3) is 22.2 Å². The van der Waals surface area contributed by atoms with Crippen molar-refractivity contribution in [2.24, 2.45) is 5.92 Å². The van der Waals surface area contributed by atoms with Crippen molar-refractivity contribution >= 4 is 68.7 Å². The minimum absolute atomic E-state index is 0.0179. The zero-order chi connectivity index (χ0) is 37.6. The minimum atomic E-state index is -0.343. The lowest BCUT2D eigenvalue weighted by atomic mass is 9.82. The monoisotopic (exact) mass is 772 g/mol. The van der Waals surface area contributed by atoms with Gasteiger partial charge in [-0.2, -0.15) is 0 Å². The second-order valence-electron chi connectivity index (χ2n) is 14.9. The second kappa shape index (κ2) is 14.9. The van der Waals surface area contributed by atoms with Crippen molar-refractivity contribution in [1.29, 1.82) is 0 Å². The van der Waals surface area contributed by atoms with E-state index in [2.05, 4.69) is 81.0 Å². The van der Waals surface area contributed by atoms with Gasteiger partial charge in [0.05, 0.1) is 17.4 Å². The third kappa shape index (κ3) is 6.68. The number of carbonyl (C=O) groups excluding carboxylic acids is 2. The Balaban J connectivity index is 1.12. The zero-order valence-electron chi connectivity index (χ0n) is 30.5. The molecule has 0 radical (unpaired) electrons. The highest BCUT2D eigenvalue weighted by Gasteiger charge is 2.40. The lowest BCUT2D eigenvalue weighted by molar-refractivity contribution is -0.130. The van der Waals surface area contributed by atoms with Crippen molar-refractivity contribution in [3.8, 4) is 0 Å². The Morgan fingerprint density at radius 2 is 1.75 bits per heavy atom. The Morgan fingerprint density at radius 1 is 0.945 bits per heavy atom. The molecule has 0 saturated carbocycles. The highest BCUT2D eigenvalue weighted by Crippen LogP contribution is 2.53. The van der Waals surface area contributed by atoms with Gasteiger partial charge in [0.1, 0.15) is 11.8 Å². The molecule has 3 N–H and O–H groups in total. The average Bonchev–Trinajstić information content (AvgIpc) is 3.84. The lowest BCUT2D eigenvalue weighted by Crippen LogP contribution is -2.47. The standard InChI is InChI=1S/C44H42Cl2N6O3/c1-26-8-6-20-52-40(28-13-15-29(45)16-14-28)32-24-30(46)25-34-37(32)38(41(52)36(26)27-9-3-2-4-10-27)39(49-34)44(54)50-33-11-5-19-47-42(33)51-21-17-31(18-22-51)48-43(53)35-12-7-23-55-35/h2-6,9-11,13-16,19-20,24-26,31,35,40,49H,7-8,12,17-18,21-23H2,1H3,(H,48,53)(H,50,54). The normalized spacial score (nSPS) is 21.1. The van der Waals surface area contributed by atoms with Gasteiger partial charge in [-0.25, -0.2) is 4.98 Å². The number of benzene rings is 3. The molecule has 3 aromatic carbocycles. The Labute approximate surface area is 330 Å². The van der Waals surface area contributed by atoms with Crippen LogP contribution in [0.15, 0.2) is 97.3 Å². The van der Waals surface area contributed by atoms with Crippen molar-refractivity contribution in [3.05, 3.63) is 135 Å². The second-order valence-corrected chi connectivity index (χ2v) is 15.8. The fourth-order valence-corrected chi connectivity index (χ4v) is 9.15. The summed E-state index contributed by atoms with van der Waals surface area (Å²) in [7, 11) is 0. The number of piperidine rings is 1. The number of hydrogen-bond acceptors (Lipinski definition) is 6. The van der Waals surface area contributed by atoms with E-state index in [9.17, 15) is 9.59 Å². The number of rotatable bonds is 7. The molecule has 4 aliphatic rings. The van der Waals surface area contributed by atoms with E-state index in [1.165, 1.54) is 0 Å².